The summed E-state index contributed by atoms with van der Waals surface area (Å²) in [5.41, 5.74) is 0. The first kappa shape index (κ1) is 15.9. The standard InChI is InChI=1S/C16H25NO4/c1-4-5-9-17-10-12(18)11-19-13-7-6-8-14-15(13)21-16(2,3)20-14/h6-8,12,17-18H,4-5,9-11H2,1-3H3. The zero-order chi connectivity index (χ0) is 15.3. The van der Waals surface area contributed by atoms with Gasteiger partial charge in [-0.2, -0.15) is 0 Å². The van der Waals surface area contributed by atoms with Crippen LogP contribution in [0.25, 0.3) is 0 Å². The van der Waals surface area contributed by atoms with Gasteiger partial charge in [-0.15, -0.1) is 0 Å². The molecule has 1 aliphatic rings. The number of benzene rings is 1. The van der Waals surface area contributed by atoms with Crippen molar-refractivity contribution in [1.82, 2.24) is 5.32 Å². The van der Waals surface area contributed by atoms with E-state index in [0.29, 0.717) is 23.8 Å². The van der Waals surface area contributed by atoms with E-state index in [1.54, 1.807) is 0 Å². The van der Waals surface area contributed by atoms with Crippen molar-refractivity contribution in [3.8, 4) is 17.2 Å². The van der Waals surface area contributed by atoms with Crippen molar-refractivity contribution in [3.63, 3.8) is 0 Å². The van der Waals surface area contributed by atoms with Crippen molar-refractivity contribution in [3.05, 3.63) is 18.2 Å². The van der Waals surface area contributed by atoms with Crippen LogP contribution in [0.4, 0.5) is 0 Å². The van der Waals surface area contributed by atoms with E-state index in [1.165, 1.54) is 0 Å². The van der Waals surface area contributed by atoms with Crippen LogP contribution >= 0.6 is 0 Å². The van der Waals surface area contributed by atoms with Gasteiger partial charge in [0.25, 0.3) is 0 Å². The lowest BCUT2D eigenvalue weighted by Gasteiger charge is -2.17. The third kappa shape index (κ3) is 4.51. The van der Waals surface area contributed by atoms with E-state index in [1.807, 2.05) is 32.0 Å². The highest BCUT2D eigenvalue weighted by atomic mass is 16.7. The number of ether oxygens (including phenoxy) is 3. The zero-order valence-corrected chi connectivity index (χ0v) is 13.0. The van der Waals surface area contributed by atoms with Gasteiger partial charge in [0.15, 0.2) is 11.5 Å². The van der Waals surface area contributed by atoms with Crippen LogP contribution in [0.15, 0.2) is 18.2 Å². The summed E-state index contributed by atoms with van der Waals surface area (Å²) in [5, 5.41) is 13.1. The number of rotatable bonds is 8. The molecule has 0 bridgehead atoms. The molecule has 2 N–H and O–H groups in total. The Morgan fingerprint density at radius 3 is 2.90 bits per heavy atom. The molecule has 21 heavy (non-hydrogen) atoms. The lowest BCUT2D eigenvalue weighted by Crippen LogP contribution is -2.32. The first-order valence-corrected chi connectivity index (χ1v) is 7.54. The number of aliphatic hydroxyl groups excluding tert-OH is 1. The molecule has 1 atom stereocenters. The fraction of sp³-hybridized carbons (Fsp3) is 0.625. The monoisotopic (exact) mass is 295 g/mol. The van der Waals surface area contributed by atoms with E-state index >= 15 is 0 Å². The number of hydrogen-bond donors (Lipinski definition) is 2. The first-order chi connectivity index (χ1) is 10.0. The molecule has 1 heterocycles. The predicted molar refractivity (Wildman–Crippen MR) is 81.1 cm³/mol. The second-order valence-electron chi connectivity index (χ2n) is 5.71. The molecular formula is C16H25NO4. The molecule has 0 saturated carbocycles. The Hall–Kier alpha value is -1.46. The van der Waals surface area contributed by atoms with Gasteiger partial charge in [-0.25, -0.2) is 0 Å². The zero-order valence-electron chi connectivity index (χ0n) is 13.0. The van der Waals surface area contributed by atoms with Gasteiger partial charge in [0.1, 0.15) is 12.7 Å². The number of hydrogen-bond acceptors (Lipinski definition) is 5. The molecule has 0 fully saturated rings. The van der Waals surface area contributed by atoms with Gasteiger partial charge in [-0.3, -0.25) is 0 Å². The minimum absolute atomic E-state index is 0.222. The van der Waals surface area contributed by atoms with E-state index in [4.69, 9.17) is 14.2 Å². The van der Waals surface area contributed by atoms with E-state index in [-0.39, 0.29) is 6.61 Å². The molecule has 0 amide bonds. The number of unbranched alkanes of at least 4 members (excludes halogenated alkanes) is 1. The van der Waals surface area contributed by atoms with Crippen LogP contribution in [-0.2, 0) is 0 Å². The van der Waals surface area contributed by atoms with Gasteiger partial charge in [0.05, 0.1) is 0 Å². The average Bonchev–Trinajstić information content (AvgIpc) is 2.75. The van der Waals surface area contributed by atoms with Gasteiger partial charge >= 0.3 is 0 Å². The minimum atomic E-state index is -0.678. The topological polar surface area (TPSA) is 60.0 Å². The van der Waals surface area contributed by atoms with Crippen LogP contribution in [-0.4, -0.2) is 36.7 Å². The predicted octanol–water partition coefficient (Wildman–Crippen LogP) is 2.32. The summed E-state index contributed by atoms with van der Waals surface area (Å²) in [6.45, 7) is 7.50. The fourth-order valence-corrected chi connectivity index (χ4v) is 2.14. The van der Waals surface area contributed by atoms with Crippen molar-refractivity contribution in [2.24, 2.45) is 0 Å². The summed E-state index contributed by atoms with van der Waals surface area (Å²) >= 11 is 0. The van der Waals surface area contributed by atoms with Crippen molar-refractivity contribution >= 4 is 0 Å². The Labute approximate surface area is 126 Å². The SMILES string of the molecule is CCCCNCC(O)COc1cccc2c1OC(C)(C)O2. The molecule has 1 aliphatic heterocycles. The smallest absolute Gasteiger partial charge is 0.246 e. The summed E-state index contributed by atoms with van der Waals surface area (Å²) in [4.78, 5) is 0. The van der Waals surface area contributed by atoms with Crippen molar-refractivity contribution in [2.45, 2.75) is 45.5 Å². The Balaban J connectivity index is 1.83. The van der Waals surface area contributed by atoms with Crippen LogP contribution in [0.1, 0.15) is 33.6 Å². The average molecular weight is 295 g/mol. The van der Waals surface area contributed by atoms with Crippen LogP contribution < -0.4 is 19.5 Å². The number of nitrogens with one attached hydrogen (secondary N) is 1. The summed E-state index contributed by atoms with van der Waals surface area (Å²) in [6.07, 6.45) is 1.70. The maximum absolute atomic E-state index is 9.90. The summed E-state index contributed by atoms with van der Waals surface area (Å²) in [5.74, 6) is 1.20. The molecule has 1 aromatic carbocycles. The molecule has 0 radical (unpaired) electrons. The van der Waals surface area contributed by atoms with E-state index in [0.717, 1.165) is 19.4 Å². The van der Waals surface area contributed by atoms with E-state index < -0.39 is 11.9 Å². The van der Waals surface area contributed by atoms with Crippen molar-refractivity contribution in [1.29, 1.82) is 0 Å². The Morgan fingerprint density at radius 1 is 1.33 bits per heavy atom. The Bertz CT molecular complexity index is 462. The largest absolute Gasteiger partial charge is 0.487 e. The Morgan fingerprint density at radius 2 is 2.14 bits per heavy atom. The van der Waals surface area contributed by atoms with Crippen LogP contribution in [0.3, 0.4) is 0 Å². The van der Waals surface area contributed by atoms with Crippen LogP contribution in [0, 0.1) is 0 Å². The van der Waals surface area contributed by atoms with E-state index in [2.05, 4.69) is 12.2 Å². The van der Waals surface area contributed by atoms with Gasteiger partial charge in [0, 0.05) is 20.4 Å². The molecule has 2 rings (SSSR count). The van der Waals surface area contributed by atoms with Crippen molar-refractivity contribution < 1.29 is 19.3 Å². The molecular weight excluding hydrogens is 270 g/mol. The summed E-state index contributed by atoms with van der Waals surface area (Å²) < 4.78 is 17.0. The summed E-state index contributed by atoms with van der Waals surface area (Å²) in [6, 6.07) is 5.52. The molecule has 5 heteroatoms. The maximum Gasteiger partial charge on any atom is 0.246 e. The number of para-hydroxylation sites is 1. The third-order valence-electron chi connectivity index (χ3n) is 3.16. The van der Waals surface area contributed by atoms with Gasteiger partial charge in [-0.1, -0.05) is 19.4 Å². The molecule has 5 nitrogen and oxygen atoms in total. The van der Waals surface area contributed by atoms with Gasteiger partial charge in [0.2, 0.25) is 11.5 Å². The highest BCUT2D eigenvalue weighted by Crippen LogP contribution is 2.45. The minimum Gasteiger partial charge on any atom is -0.487 e. The number of fused-ring (bicyclic) bond motifs is 1. The van der Waals surface area contributed by atoms with Gasteiger partial charge in [-0.05, 0) is 25.1 Å². The molecule has 1 unspecified atom stereocenters. The highest BCUT2D eigenvalue weighted by molar-refractivity contribution is 5.53. The summed E-state index contributed by atoms with van der Waals surface area (Å²) in [7, 11) is 0. The normalized spacial score (nSPS) is 16.8. The molecule has 0 saturated heterocycles. The lowest BCUT2D eigenvalue weighted by atomic mass is 10.3. The first-order valence-electron chi connectivity index (χ1n) is 7.54. The number of aliphatic hydroxyl groups is 1. The lowest BCUT2D eigenvalue weighted by molar-refractivity contribution is -0.0443. The van der Waals surface area contributed by atoms with E-state index in [9.17, 15) is 5.11 Å². The van der Waals surface area contributed by atoms with Crippen LogP contribution in [0.2, 0.25) is 0 Å². The fourth-order valence-electron chi connectivity index (χ4n) is 2.14. The molecule has 0 aliphatic carbocycles. The van der Waals surface area contributed by atoms with Gasteiger partial charge < -0.3 is 24.6 Å². The molecule has 0 spiro atoms. The quantitative estimate of drug-likeness (QED) is 0.721. The highest BCUT2D eigenvalue weighted by Gasteiger charge is 2.34. The molecule has 1 aromatic rings. The Kier molecular flexibility index (Phi) is 5.31. The second-order valence-corrected chi connectivity index (χ2v) is 5.71. The maximum atomic E-state index is 9.90. The second kappa shape index (κ2) is 7.00. The van der Waals surface area contributed by atoms with Crippen molar-refractivity contribution in [2.75, 3.05) is 19.7 Å². The molecule has 118 valence electrons. The molecule has 0 aromatic heterocycles. The van der Waals surface area contributed by atoms with Crippen LogP contribution in [0.5, 0.6) is 17.2 Å². The third-order valence-corrected chi connectivity index (χ3v) is 3.16.